The Balaban J connectivity index is 2.10. The Morgan fingerprint density at radius 3 is 2.30 bits per heavy atom. The second kappa shape index (κ2) is 9.49. The first kappa shape index (κ1) is 21.4. The minimum absolute atomic E-state index is 0.0749. The van der Waals surface area contributed by atoms with E-state index in [0.29, 0.717) is 0 Å². The number of rotatable bonds is 6. The van der Waals surface area contributed by atoms with Gasteiger partial charge >= 0.3 is 0 Å². The van der Waals surface area contributed by atoms with E-state index in [1.54, 1.807) is 19.6 Å². The van der Waals surface area contributed by atoms with E-state index in [-0.39, 0.29) is 5.41 Å². The summed E-state index contributed by atoms with van der Waals surface area (Å²) < 4.78 is 5.17. The molecule has 0 aliphatic rings. The molecule has 3 rings (SSSR count). The predicted molar refractivity (Wildman–Crippen MR) is 129 cm³/mol. The molecular formula is C28H31NO. The molecular weight excluding hydrogens is 366 g/mol. The van der Waals surface area contributed by atoms with Crippen LogP contribution in [0.2, 0.25) is 0 Å². The van der Waals surface area contributed by atoms with Gasteiger partial charge in [-0.15, -0.1) is 0 Å². The van der Waals surface area contributed by atoms with Crippen molar-refractivity contribution in [1.82, 2.24) is 0 Å². The lowest BCUT2D eigenvalue weighted by molar-refractivity contribution is 0.341. The fraction of sp³-hybridized carbons (Fsp3) is 0.214. The molecule has 0 aliphatic carbocycles. The van der Waals surface area contributed by atoms with Gasteiger partial charge in [-0.2, -0.15) is 0 Å². The summed E-state index contributed by atoms with van der Waals surface area (Å²) in [6.07, 6.45) is 8.21. The van der Waals surface area contributed by atoms with E-state index in [1.807, 2.05) is 18.2 Å². The number of ether oxygens (including phenoxy) is 1. The lowest BCUT2D eigenvalue weighted by atomic mass is 9.83. The molecule has 2 nitrogen and oxygen atoms in total. The number of hydrogen-bond acceptors (Lipinski definition) is 2. The van der Waals surface area contributed by atoms with Crippen LogP contribution in [0.15, 0.2) is 79.2 Å². The number of hydrogen-bond donors (Lipinski definition) is 1. The van der Waals surface area contributed by atoms with Crippen molar-refractivity contribution in [2.45, 2.75) is 32.6 Å². The van der Waals surface area contributed by atoms with E-state index in [0.717, 1.165) is 17.5 Å². The molecule has 3 aromatic rings. The first-order valence-corrected chi connectivity index (χ1v) is 10.3. The maximum Gasteiger partial charge on any atom is 0.0830 e. The van der Waals surface area contributed by atoms with Crippen LogP contribution < -0.4 is 5.73 Å². The summed E-state index contributed by atoms with van der Waals surface area (Å²) in [6, 6.07) is 23.8. The van der Waals surface area contributed by atoms with Crippen molar-refractivity contribution in [2.75, 3.05) is 7.11 Å². The van der Waals surface area contributed by atoms with Gasteiger partial charge in [-0.05, 0) is 75.2 Å². The van der Waals surface area contributed by atoms with Crippen molar-refractivity contribution in [3.63, 3.8) is 0 Å². The number of benzene rings is 3. The van der Waals surface area contributed by atoms with Gasteiger partial charge in [-0.1, -0.05) is 81.4 Å². The molecule has 154 valence electrons. The summed E-state index contributed by atoms with van der Waals surface area (Å²) in [4.78, 5) is 0. The molecule has 0 aromatic heterocycles. The third kappa shape index (κ3) is 5.21. The molecule has 2 N–H and O–H groups in total. The van der Waals surface area contributed by atoms with Gasteiger partial charge in [0.05, 0.1) is 13.4 Å². The Labute approximate surface area is 180 Å². The van der Waals surface area contributed by atoms with E-state index in [2.05, 4.69) is 81.4 Å². The van der Waals surface area contributed by atoms with Crippen molar-refractivity contribution in [3.8, 4) is 11.1 Å². The third-order valence-corrected chi connectivity index (χ3v) is 5.27. The van der Waals surface area contributed by atoms with Crippen molar-refractivity contribution >= 4 is 12.2 Å². The molecule has 0 amide bonds. The van der Waals surface area contributed by atoms with Gasteiger partial charge in [-0.25, -0.2) is 0 Å². The Kier molecular flexibility index (Phi) is 6.79. The highest BCUT2D eigenvalue weighted by atomic mass is 16.5. The highest BCUT2D eigenvalue weighted by molar-refractivity contribution is 5.78. The lowest BCUT2D eigenvalue weighted by Crippen LogP contribution is -2.11. The normalized spacial score (nSPS) is 12.0. The molecule has 0 heterocycles. The van der Waals surface area contributed by atoms with E-state index in [4.69, 9.17) is 10.5 Å². The molecule has 30 heavy (non-hydrogen) atoms. The molecule has 0 aliphatic heterocycles. The largest absolute Gasteiger partial charge is 0.504 e. The Morgan fingerprint density at radius 1 is 0.867 bits per heavy atom. The molecule has 0 saturated carbocycles. The van der Waals surface area contributed by atoms with Gasteiger partial charge in [0, 0.05) is 0 Å². The minimum Gasteiger partial charge on any atom is -0.504 e. The Bertz CT molecular complexity index is 1040. The summed E-state index contributed by atoms with van der Waals surface area (Å²) in [7, 11) is 1.67. The topological polar surface area (TPSA) is 35.2 Å². The molecule has 3 aromatic carbocycles. The van der Waals surface area contributed by atoms with Crippen LogP contribution in [0.3, 0.4) is 0 Å². The van der Waals surface area contributed by atoms with Crippen molar-refractivity contribution in [1.29, 1.82) is 0 Å². The summed E-state index contributed by atoms with van der Waals surface area (Å²) in [5.41, 5.74) is 14.3. The second-order valence-corrected chi connectivity index (χ2v) is 8.53. The molecule has 0 fully saturated rings. The van der Waals surface area contributed by atoms with Crippen LogP contribution in [-0.4, -0.2) is 7.11 Å². The van der Waals surface area contributed by atoms with Crippen LogP contribution in [0, 0.1) is 0 Å². The summed E-state index contributed by atoms with van der Waals surface area (Å²) in [5.74, 6) is 0. The molecule has 0 unspecified atom stereocenters. The number of methoxy groups -OCH3 is 1. The van der Waals surface area contributed by atoms with Gasteiger partial charge < -0.3 is 10.5 Å². The van der Waals surface area contributed by atoms with Gasteiger partial charge in [0.25, 0.3) is 0 Å². The maximum atomic E-state index is 5.78. The van der Waals surface area contributed by atoms with Crippen molar-refractivity contribution in [3.05, 3.63) is 107 Å². The quantitative estimate of drug-likeness (QED) is 0.465. The average Bonchev–Trinajstić information content (AvgIpc) is 2.73. The molecule has 2 heteroatoms. The fourth-order valence-corrected chi connectivity index (χ4v) is 3.56. The van der Waals surface area contributed by atoms with Crippen LogP contribution in [0.25, 0.3) is 23.3 Å². The standard InChI is InChI=1S/C28H31NO/c1-28(2,3)26-13-12-22(15-17-30-4)27(20-26)25-11-10-23(24(19-25)14-16-29)18-21-8-6-5-7-9-21/h5-17,19-20H,18,29H2,1-4H3/b16-14-,17-15+. The summed E-state index contributed by atoms with van der Waals surface area (Å²) in [6.45, 7) is 6.72. The highest BCUT2D eigenvalue weighted by Gasteiger charge is 2.16. The van der Waals surface area contributed by atoms with Gasteiger partial charge in [0.15, 0.2) is 0 Å². The van der Waals surface area contributed by atoms with E-state index < -0.39 is 0 Å². The Hall–Kier alpha value is -3.26. The van der Waals surface area contributed by atoms with Crippen LogP contribution >= 0.6 is 0 Å². The van der Waals surface area contributed by atoms with Crippen LogP contribution in [-0.2, 0) is 16.6 Å². The van der Waals surface area contributed by atoms with Crippen LogP contribution in [0.5, 0.6) is 0 Å². The zero-order valence-corrected chi connectivity index (χ0v) is 18.4. The van der Waals surface area contributed by atoms with Crippen LogP contribution in [0.4, 0.5) is 0 Å². The molecule has 0 radical (unpaired) electrons. The molecule has 0 atom stereocenters. The van der Waals surface area contributed by atoms with E-state index in [9.17, 15) is 0 Å². The monoisotopic (exact) mass is 397 g/mol. The van der Waals surface area contributed by atoms with E-state index in [1.165, 1.54) is 27.8 Å². The zero-order chi connectivity index (χ0) is 21.6. The smallest absolute Gasteiger partial charge is 0.0830 e. The van der Waals surface area contributed by atoms with Gasteiger partial charge in [0.2, 0.25) is 0 Å². The van der Waals surface area contributed by atoms with Crippen molar-refractivity contribution in [2.24, 2.45) is 5.73 Å². The minimum atomic E-state index is 0.0749. The number of nitrogens with two attached hydrogens (primary N) is 1. The second-order valence-electron chi connectivity index (χ2n) is 8.53. The lowest BCUT2D eigenvalue weighted by Gasteiger charge is -2.21. The molecule has 0 saturated heterocycles. The maximum absolute atomic E-state index is 5.78. The summed E-state index contributed by atoms with van der Waals surface area (Å²) in [5, 5.41) is 0. The van der Waals surface area contributed by atoms with Gasteiger partial charge in [-0.3, -0.25) is 0 Å². The highest BCUT2D eigenvalue weighted by Crippen LogP contribution is 2.33. The zero-order valence-electron chi connectivity index (χ0n) is 18.4. The molecule has 0 bridgehead atoms. The SMILES string of the molecule is CO/C=C/c1ccc(C(C)(C)C)cc1-c1ccc(Cc2ccccc2)c(/C=C\N)c1. The van der Waals surface area contributed by atoms with Gasteiger partial charge in [0.1, 0.15) is 0 Å². The Morgan fingerprint density at radius 2 is 1.63 bits per heavy atom. The fourth-order valence-electron chi connectivity index (χ4n) is 3.56. The summed E-state index contributed by atoms with van der Waals surface area (Å²) >= 11 is 0. The first-order chi connectivity index (χ1) is 14.4. The van der Waals surface area contributed by atoms with Crippen LogP contribution in [0.1, 0.15) is 48.6 Å². The molecule has 0 spiro atoms. The predicted octanol–water partition coefficient (Wildman–Crippen LogP) is 6.79. The first-order valence-electron chi connectivity index (χ1n) is 10.3. The van der Waals surface area contributed by atoms with Crippen molar-refractivity contribution < 1.29 is 4.74 Å². The average molecular weight is 398 g/mol. The third-order valence-electron chi connectivity index (χ3n) is 5.27. The van der Waals surface area contributed by atoms with E-state index >= 15 is 0 Å².